The zero-order valence-electron chi connectivity index (χ0n) is 26.0. The van der Waals surface area contributed by atoms with Crippen LogP contribution >= 0.6 is 23.2 Å². The molecule has 4 aromatic rings. The maximum absolute atomic E-state index is 11.5. The Labute approximate surface area is 279 Å². The molecule has 240 valence electrons. The molecule has 1 amide bonds. The van der Waals surface area contributed by atoms with Crippen molar-refractivity contribution in [2.75, 3.05) is 27.3 Å². The number of hydrogen-bond donors (Lipinski definition) is 3. The highest BCUT2D eigenvalue weighted by atomic mass is 35.5. The van der Waals surface area contributed by atoms with Gasteiger partial charge in [-0.3, -0.25) is 9.78 Å². The molecule has 11 heteroatoms. The summed E-state index contributed by atoms with van der Waals surface area (Å²) in [6.45, 7) is 2.82. The molecule has 0 spiro atoms. The van der Waals surface area contributed by atoms with Crippen molar-refractivity contribution in [3.05, 3.63) is 76.0 Å². The number of halogens is 2. The van der Waals surface area contributed by atoms with Crippen LogP contribution in [0, 0.1) is 5.92 Å². The SMILES string of the molecule is COc1nc(-c2cccc(-c3cccc(-c4cnc(CNCC5CCC5)c(OC)n4)c3Cl)c2Cl)ccc1CNCC1CCC(=O)N1. The van der Waals surface area contributed by atoms with Gasteiger partial charge in [-0.25, -0.2) is 9.97 Å². The quantitative estimate of drug-likeness (QED) is 0.150. The summed E-state index contributed by atoms with van der Waals surface area (Å²) in [4.78, 5) is 25.7. The fraction of sp³-hybridized carbons (Fsp3) is 0.371. The molecule has 2 aromatic heterocycles. The van der Waals surface area contributed by atoms with Crippen LogP contribution in [0.5, 0.6) is 11.8 Å². The summed E-state index contributed by atoms with van der Waals surface area (Å²) in [6, 6.07) is 15.7. The number of ether oxygens (including phenoxy) is 2. The molecule has 3 heterocycles. The summed E-state index contributed by atoms with van der Waals surface area (Å²) in [5.74, 6) is 1.84. The molecular weight excluding hydrogens is 623 g/mol. The second kappa shape index (κ2) is 14.8. The van der Waals surface area contributed by atoms with E-state index in [1.807, 2.05) is 48.5 Å². The normalized spacial score (nSPS) is 16.3. The van der Waals surface area contributed by atoms with E-state index in [0.717, 1.165) is 52.4 Å². The molecule has 2 aromatic carbocycles. The largest absolute Gasteiger partial charge is 0.481 e. The van der Waals surface area contributed by atoms with Gasteiger partial charge in [-0.15, -0.1) is 0 Å². The third-order valence-electron chi connectivity index (χ3n) is 8.72. The lowest BCUT2D eigenvalue weighted by Gasteiger charge is -2.25. The highest BCUT2D eigenvalue weighted by Gasteiger charge is 2.22. The molecule has 1 atom stereocenters. The molecule has 9 nitrogen and oxygen atoms in total. The molecule has 2 aliphatic rings. The molecule has 0 bridgehead atoms. The van der Waals surface area contributed by atoms with Crippen LogP contribution in [0.15, 0.2) is 54.7 Å². The fourth-order valence-corrected chi connectivity index (χ4v) is 6.57. The molecule has 1 aliphatic heterocycles. The number of carbonyl (C=O) groups is 1. The molecule has 2 fully saturated rings. The Morgan fingerprint density at radius 2 is 1.46 bits per heavy atom. The molecule has 0 radical (unpaired) electrons. The summed E-state index contributed by atoms with van der Waals surface area (Å²) >= 11 is 14.1. The van der Waals surface area contributed by atoms with Gasteiger partial charge in [0.2, 0.25) is 17.7 Å². The Morgan fingerprint density at radius 3 is 2.09 bits per heavy atom. The third kappa shape index (κ3) is 7.13. The van der Waals surface area contributed by atoms with Crippen LogP contribution in [0.4, 0.5) is 0 Å². The van der Waals surface area contributed by atoms with Crippen LogP contribution in [-0.4, -0.2) is 54.2 Å². The first-order valence-corrected chi connectivity index (χ1v) is 16.4. The van der Waals surface area contributed by atoms with Crippen molar-refractivity contribution >= 4 is 29.1 Å². The number of pyridine rings is 1. The molecule has 3 N–H and O–H groups in total. The van der Waals surface area contributed by atoms with Crippen LogP contribution in [-0.2, 0) is 17.9 Å². The lowest BCUT2D eigenvalue weighted by molar-refractivity contribution is -0.119. The zero-order chi connectivity index (χ0) is 32.0. The van der Waals surface area contributed by atoms with Crippen molar-refractivity contribution in [3.8, 4) is 45.4 Å². The van der Waals surface area contributed by atoms with Crippen molar-refractivity contribution in [3.63, 3.8) is 0 Å². The molecule has 46 heavy (non-hydrogen) atoms. The molecule has 1 saturated carbocycles. The van der Waals surface area contributed by atoms with E-state index < -0.39 is 0 Å². The first-order chi connectivity index (χ1) is 22.4. The average molecular weight is 662 g/mol. The number of amides is 1. The highest BCUT2D eigenvalue weighted by Crippen LogP contribution is 2.42. The van der Waals surface area contributed by atoms with Crippen LogP contribution in [0.2, 0.25) is 10.0 Å². The van der Waals surface area contributed by atoms with Crippen molar-refractivity contribution < 1.29 is 14.3 Å². The first-order valence-electron chi connectivity index (χ1n) is 15.7. The molecule has 1 aliphatic carbocycles. The van der Waals surface area contributed by atoms with E-state index in [9.17, 15) is 4.79 Å². The van der Waals surface area contributed by atoms with Gasteiger partial charge >= 0.3 is 0 Å². The Kier molecular flexibility index (Phi) is 10.3. The summed E-state index contributed by atoms with van der Waals surface area (Å²) in [6.07, 6.45) is 7.05. The van der Waals surface area contributed by atoms with Gasteiger partial charge in [0.1, 0.15) is 5.69 Å². The molecule has 1 unspecified atom stereocenters. The van der Waals surface area contributed by atoms with E-state index in [1.165, 1.54) is 19.3 Å². The zero-order valence-corrected chi connectivity index (χ0v) is 27.5. The van der Waals surface area contributed by atoms with E-state index in [0.29, 0.717) is 59.2 Å². The van der Waals surface area contributed by atoms with Crippen molar-refractivity contribution in [1.82, 2.24) is 30.9 Å². The predicted molar refractivity (Wildman–Crippen MR) is 181 cm³/mol. The van der Waals surface area contributed by atoms with Crippen molar-refractivity contribution in [1.29, 1.82) is 0 Å². The summed E-state index contributed by atoms with van der Waals surface area (Å²) in [5.41, 5.74) is 6.00. The maximum Gasteiger partial charge on any atom is 0.237 e. The number of nitrogens with one attached hydrogen (secondary N) is 3. The van der Waals surface area contributed by atoms with Gasteiger partial charge in [0.05, 0.1) is 41.8 Å². The van der Waals surface area contributed by atoms with E-state index in [4.69, 9.17) is 42.6 Å². The van der Waals surface area contributed by atoms with Gasteiger partial charge in [0.15, 0.2) is 0 Å². The van der Waals surface area contributed by atoms with Crippen LogP contribution in [0.25, 0.3) is 33.6 Å². The standard InChI is InChI=1S/C35H38Cl2N6O3/c1-45-34-22(17-39-18-23-13-15-31(44)41-23)12-14-28(42-34)26-10-4-8-24(32(26)36)25-9-5-11-27(33(25)37)29-20-40-30(35(43-29)46-2)19-38-16-21-6-3-7-21/h4-5,8-12,14,20-21,23,38-39H,3,6-7,13,15-19H2,1-2H3,(H,41,44). The Balaban J connectivity index is 1.22. The van der Waals surface area contributed by atoms with Crippen LogP contribution in [0.1, 0.15) is 43.4 Å². The van der Waals surface area contributed by atoms with Crippen LogP contribution in [0.3, 0.4) is 0 Å². The minimum absolute atomic E-state index is 0.104. The van der Waals surface area contributed by atoms with Gasteiger partial charge in [0, 0.05) is 59.9 Å². The monoisotopic (exact) mass is 660 g/mol. The van der Waals surface area contributed by atoms with Crippen molar-refractivity contribution in [2.45, 2.75) is 51.2 Å². The molecular formula is C35H38Cl2N6O3. The Morgan fingerprint density at radius 1 is 0.804 bits per heavy atom. The number of aromatic nitrogens is 3. The smallest absolute Gasteiger partial charge is 0.237 e. The predicted octanol–water partition coefficient (Wildman–Crippen LogP) is 6.45. The Hall–Kier alpha value is -3.76. The minimum Gasteiger partial charge on any atom is -0.481 e. The topological polar surface area (TPSA) is 110 Å². The Bertz CT molecular complexity index is 1710. The van der Waals surface area contributed by atoms with Gasteiger partial charge in [-0.05, 0) is 37.8 Å². The minimum atomic E-state index is 0.104. The second-order valence-corrected chi connectivity index (χ2v) is 12.5. The number of hydrogen-bond acceptors (Lipinski definition) is 8. The first kappa shape index (κ1) is 32.2. The van der Waals surface area contributed by atoms with E-state index >= 15 is 0 Å². The van der Waals surface area contributed by atoms with Crippen LogP contribution < -0.4 is 25.4 Å². The van der Waals surface area contributed by atoms with Gasteiger partial charge in [-0.1, -0.05) is 72.1 Å². The highest BCUT2D eigenvalue weighted by molar-refractivity contribution is 6.39. The van der Waals surface area contributed by atoms with Gasteiger partial charge < -0.3 is 25.4 Å². The summed E-state index contributed by atoms with van der Waals surface area (Å²) in [7, 11) is 3.21. The number of carbonyl (C=O) groups excluding carboxylic acids is 1. The number of nitrogens with zero attached hydrogens (tertiary/aromatic N) is 3. The van der Waals surface area contributed by atoms with Crippen molar-refractivity contribution in [2.24, 2.45) is 5.92 Å². The second-order valence-electron chi connectivity index (χ2n) is 11.8. The van der Waals surface area contributed by atoms with Gasteiger partial charge in [0.25, 0.3) is 0 Å². The van der Waals surface area contributed by atoms with Gasteiger partial charge in [-0.2, -0.15) is 0 Å². The summed E-state index contributed by atoms with van der Waals surface area (Å²) in [5, 5.41) is 10.9. The lowest BCUT2D eigenvalue weighted by Crippen LogP contribution is -2.35. The molecule has 6 rings (SSSR count). The fourth-order valence-electron chi connectivity index (χ4n) is 5.92. The number of benzene rings is 2. The molecule has 1 saturated heterocycles. The number of rotatable bonds is 13. The van der Waals surface area contributed by atoms with E-state index in [-0.39, 0.29) is 11.9 Å². The lowest BCUT2D eigenvalue weighted by atomic mass is 9.85. The third-order valence-corrected chi connectivity index (χ3v) is 9.53. The maximum atomic E-state index is 11.5. The summed E-state index contributed by atoms with van der Waals surface area (Å²) < 4.78 is 11.2. The van der Waals surface area contributed by atoms with E-state index in [2.05, 4.69) is 20.9 Å². The average Bonchev–Trinajstić information content (AvgIpc) is 3.47. The van der Waals surface area contributed by atoms with E-state index in [1.54, 1.807) is 20.4 Å². The number of methoxy groups -OCH3 is 2.